The van der Waals surface area contributed by atoms with Gasteiger partial charge in [-0.25, -0.2) is 0 Å². The monoisotopic (exact) mass is 329 g/mol. The lowest BCUT2D eigenvalue weighted by atomic mass is 9.86. The molecule has 0 aliphatic carbocycles. The van der Waals surface area contributed by atoms with Gasteiger partial charge in [0.25, 0.3) is 0 Å². The molecule has 1 amide bonds. The van der Waals surface area contributed by atoms with Gasteiger partial charge in [-0.15, -0.1) is 0 Å². The van der Waals surface area contributed by atoms with Gasteiger partial charge in [-0.1, -0.05) is 46.3 Å². The Hall–Kier alpha value is -1.61. The van der Waals surface area contributed by atoms with Gasteiger partial charge in [0.1, 0.15) is 0 Å². The second kappa shape index (κ2) is 4.74. The smallest absolute Gasteiger partial charge is 0.237 e. The van der Waals surface area contributed by atoms with Crippen molar-refractivity contribution in [3.63, 3.8) is 0 Å². The molecule has 0 saturated carbocycles. The maximum Gasteiger partial charge on any atom is 0.237 e. The minimum absolute atomic E-state index is 0.168. The van der Waals surface area contributed by atoms with Crippen LogP contribution < -0.4 is 4.90 Å². The molecule has 2 aromatic carbocycles. The van der Waals surface area contributed by atoms with Gasteiger partial charge in [-0.05, 0) is 43.2 Å². The summed E-state index contributed by atoms with van der Waals surface area (Å²) in [6.07, 6.45) is 0. The van der Waals surface area contributed by atoms with Gasteiger partial charge in [0.2, 0.25) is 5.91 Å². The number of para-hydroxylation sites is 1. The maximum atomic E-state index is 12.7. The van der Waals surface area contributed by atoms with E-state index in [0.29, 0.717) is 6.54 Å². The van der Waals surface area contributed by atoms with Gasteiger partial charge in [-0.2, -0.15) is 0 Å². The number of fused-ring (bicyclic) bond motifs is 1. The summed E-state index contributed by atoms with van der Waals surface area (Å²) < 4.78 is 1.05. The first-order chi connectivity index (χ1) is 9.50. The molecule has 2 nitrogen and oxygen atoms in total. The molecule has 0 atom stereocenters. The van der Waals surface area contributed by atoms with Crippen LogP contribution in [0.2, 0.25) is 0 Å². The van der Waals surface area contributed by atoms with Crippen molar-refractivity contribution in [2.75, 3.05) is 4.90 Å². The summed E-state index contributed by atoms with van der Waals surface area (Å²) in [6, 6.07) is 16.2. The predicted octanol–water partition coefficient (Wildman–Crippen LogP) is 4.27. The van der Waals surface area contributed by atoms with E-state index in [1.807, 2.05) is 61.2 Å². The molecule has 3 heteroatoms. The second-order valence-corrected chi connectivity index (χ2v) is 6.58. The van der Waals surface area contributed by atoms with Crippen LogP contribution in [0.5, 0.6) is 0 Å². The van der Waals surface area contributed by atoms with Crippen LogP contribution >= 0.6 is 15.9 Å². The zero-order chi connectivity index (χ0) is 14.3. The molecule has 20 heavy (non-hydrogen) atoms. The summed E-state index contributed by atoms with van der Waals surface area (Å²) in [6.45, 7) is 4.61. The quantitative estimate of drug-likeness (QED) is 0.805. The number of carbonyl (C=O) groups is 1. The van der Waals surface area contributed by atoms with E-state index in [1.54, 1.807) is 0 Å². The lowest BCUT2D eigenvalue weighted by Gasteiger charge is -2.20. The Morgan fingerprint density at radius 2 is 1.70 bits per heavy atom. The number of rotatable bonds is 2. The Morgan fingerprint density at radius 3 is 2.40 bits per heavy atom. The number of carbonyl (C=O) groups excluding carboxylic acids is 1. The average Bonchev–Trinajstić information content (AvgIpc) is 2.63. The number of hydrogen-bond acceptors (Lipinski definition) is 1. The van der Waals surface area contributed by atoms with Crippen LogP contribution in [0.25, 0.3) is 0 Å². The molecule has 0 N–H and O–H groups in total. The van der Waals surface area contributed by atoms with Gasteiger partial charge in [0.05, 0.1) is 12.0 Å². The highest BCUT2D eigenvalue weighted by Gasteiger charge is 2.43. The Labute approximate surface area is 127 Å². The zero-order valence-electron chi connectivity index (χ0n) is 11.6. The molecule has 1 aliphatic rings. The lowest BCUT2D eigenvalue weighted by molar-refractivity contribution is -0.122. The van der Waals surface area contributed by atoms with E-state index in [1.165, 1.54) is 0 Å². The summed E-state index contributed by atoms with van der Waals surface area (Å²) in [4.78, 5) is 14.6. The summed E-state index contributed by atoms with van der Waals surface area (Å²) >= 11 is 3.43. The summed E-state index contributed by atoms with van der Waals surface area (Å²) in [5.41, 5.74) is 2.84. The van der Waals surface area contributed by atoms with E-state index in [0.717, 1.165) is 21.3 Å². The van der Waals surface area contributed by atoms with Crippen molar-refractivity contribution in [2.45, 2.75) is 25.8 Å². The topological polar surface area (TPSA) is 20.3 Å². The summed E-state index contributed by atoms with van der Waals surface area (Å²) in [5, 5.41) is 0. The first-order valence-corrected chi connectivity index (χ1v) is 7.45. The fraction of sp³-hybridized carbons (Fsp3) is 0.235. The Morgan fingerprint density at radius 1 is 1.05 bits per heavy atom. The van der Waals surface area contributed by atoms with Gasteiger partial charge in [-0.3, -0.25) is 4.79 Å². The van der Waals surface area contributed by atoms with Crippen LogP contribution in [-0.4, -0.2) is 5.91 Å². The molecule has 0 aromatic heterocycles. The number of anilines is 1. The molecule has 0 spiro atoms. The molecule has 102 valence electrons. The third-order valence-corrected chi connectivity index (χ3v) is 4.43. The van der Waals surface area contributed by atoms with Crippen molar-refractivity contribution in [2.24, 2.45) is 0 Å². The molecule has 0 unspecified atom stereocenters. The van der Waals surface area contributed by atoms with Crippen LogP contribution in [0.4, 0.5) is 5.69 Å². The molecule has 3 rings (SSSR count). The van der Waals surface area contributed by atoms with E-state index in [-0.39, 0.29) is 5.91 Å². The highest BCUT2D eigenvalue weighted by molar-refractivity contribution is 9.10. The molecular formula is C17H16BrNO. The van der Waals surface area contributed by atoms with E-state index in [2.05, 4.69) is 22.0 Å². The molecule has 0 fully saturated rings. The maximum absolute atomic E-state index is 12.7. The number of hydrogen-bond donors (Lipinski definition) is 0. The van der Waals surface area contributed by atoms with Crippen LogP contribution in [0.1, 0.15) is 25.0 Å². The van der Waals surface area contributed by atoms with Crippen LogP contribution in [0.15, 0.2) is 53.0 Å². The summed E-state index contributed by atoms with van der Waals surface area (Å²) in [7, 11) is 0. The molecule has 0 bridgehead atoms. The lowest BCUT2D eigenvalue weighted by Crippen LogP contribution is -2.35. The van der Waals surface area contributed by atoms with Crippen LogP contribution in [0.3, 0.4) is 0 Å². The molecular weight excluding hydrogens is 314 g/mol. The third-order valence-electron chi connectivity index (χ3n) is 3.90. The van der Waals surface area contributed by atoms with Gasteiger partial charge < -0.3 is 4.90 Å². The minimum Gasteiger partial charge on any atom is -0.307 e. The minimum atomic E-state index is -0.439. The van der Waals surface area contributed by atoms with Crippen LogP contribution in [-0.2, 0) is 16.8 Å². The fourth-order valence-electron chi connectivity index (χ4n) is 2.73. The predicted molar refractivity (Wildman–Crippen MR) is 84.8 cm³/mol. The van der Waals surface area contributed by atoms with E-state index < -0.39 is 5.41 Å². The zero-order valence-corrected chi connectivity index (χ0v) is 13.1. The van der Waals surface area contributed by atoms with Crippen molar-refractivity contribution < 1.29 is 4.79 Å². The van der Waals surface area contributed by atoms with E-state index >= 15 is 0 Å². The SMILES string of the molecule is CC1(C)C(=O)N(Cc2ccc(Br)cc2)c2ccccc21. The Kier molecular flexibility index (Phi) is 3.17. The largest absolute Gasteiger partial charge is 0.307 e. The van der Waals surface area contributed by atoms with Gasteiger partial charge in [0, 0.05) is 10.2 Å². The number of halogens is 1. The normalized spacial score (nSPS) is 16.4. The van der Waals surface area contributed by atoms with E-state index in [4.69, 9.17) is 0 Å². The van der Waals surface area contributed by atoms with Crippen molar-refractivity contribution >= 4 is 27.5 Å². The Bertz CT molecular complexity index is 661. The standard InChI is InChI=1S/C17H16BrNO/c1-17(2)14-5-3-4-6-15(14)19(16(17)20)11-12-7-9-13(18)10-8-12/h3-10H,11H2,1-2H3. The molecule has 0 saturated heterocycles. The van der Waals surface area contributed by atoms with E-state index in [9.17, 15) is 4.79 Å². The molecule has 1 heterocycles. The fourth-order valence-corrected chi connectivity index (χ4v) is 2.99. The van der Waals surface area contributed by atoms with Crippen molar-refractivity contribution in [1.29, 1.82) is 0 Å². The van der Waals surface area contributed by atoms with Crippen LogP contribution in [0, 0.1) is 0 Å². The highest BCUT2D eigenvalue weighted by atomic mass is 79.9. The van der Waals surface area contributed by atoms with Crippen molar-refractivity contribution in [3.8, 4) is 0 Å². The molecule has 0 radical (unpaired) electrons. The number of amides is 1. The molecule has 2 aromatic rings. The van der Waals surface area contributed by atoms with Crippen molar-refractivity contribution in [3.05, 3.63) is 64.1 Å². The first kappa shape index (κ1) is 13.4. The Balaban J connectivity index is 1.98. The number of benzene rings is 2. The first-order valence-electron chi connectivity index (χ1n) is 6.66. The third kappa shape index (κ3) is 2.06. The second-order valence-electron chi connectivity index (χ2n) is 5.66. The van der Waals surface area contributed by atoms with Crippen molar-refractivity contribution in [1.82, 2.24) is 0 Å². The molecule has 1 aliphatic heterocycles. The highest BCUT2D eigenvalue weighted by Crippen LogP contribution is 2.41. The summed E-state index contributed by atoms with van der Waals surface area (Å²) in [5.74, 6) is 0.168. The van der Waals surface area contributed by atoms with Gasteiger partial charge >= 0.3 is 0 Å². The average molecular weight is 330 g/mol. The van der Waals surface area contributed by atoms with Gasteiger partial charge in [0.15, 0.2) is 0 Å². The number of nitrogens with zero attached hydrogens (tertiary/aromatic N) is 1.